The van der Waals surface area contributed by atoms with Crippen molar-refractivity contribution < 1.29 is 19.5 Å². The zero-order chi connectivity index (χ0) is 43.3. The van der Waals surface area contributed by atoms with E-state index in [1.807, 2.05) is 103 Å². The van der Waals surface area contributed by atoms with Crippen LogP contribution < -0.4 is 0 Å². The van der Waals surface area contributed by atoms with Crippen molar-refractivity contribution in [3.8, 4) is 55.6 Å². The summed E-state index contributed by atoms with van der Waals surface area (Å²) in [5, 5.41) is 3.24. The third-order valence-electron chi connectivity index (χ3n) is 9.43. The van der Waals surface area contributed by atoms with Gasteiger partial charge in [-0.25, -0.2) is 0 Å². The maximum absolute atomic E-state index is 9.60. The normalized spacial score (nSPS) is 14.5. The van der Waals surface area contributed by atoms with Crippen LogP contribution in [0.5, 0.6) is 0 Å². The minimum atomic E-state index is -0.480. The highest BCUT2D eigenvalue weighted by molar-refractivity contribution is 6.26. The number of fused-ring (bicyclic) bond motifs is 5. The van der Waals surface area contributed by atoms with E-state index in [0.29, 0.717) is 33.0 Å². The molecule has 0 fully saturated rings. The molecular formula is C50H32O. The van der Waals surface area contributed by atoms with Crippen LogP contribution >= 0.6 is 0 Å². The van der Waals surface area contributed by atoms with Gasteiger partial charge in [0.2, 0.25) is 0 Å². The molecule has 238 valence electrons. The summed E-state index contributed by atoms with van der Waals surface area (Å²) in [4.78, 5) is 0. The van der Waals surface area contributed by atoms with E-state index in [9.17, 15) is 2.74 Å². The molecule has 0 aliphatic carbocycles. The van der Waals surface area contributed by atoms with Gasteiger partial charge in [0.1, 0.15) is 11.2 Å². The van der Waals surface area contributed by atoms with E-state index in [0.717, 1.165) is 27.5 Å². The van der Waals surface area contributed by atoms with E-state index in [-0.39, 0.29) is 80.9 Å². The molecule has 0 atom stereocenters. The van der Waals surface area contributed by atoms with Gasteiger partial charge in [0.05, 0.1) is 15.1 Å². The molecule has 0 N–H and O–H groups in total. The Bertz CT molecular complexity index is 3440. The van der Waals surface area contributed by atoms with Crippen LogP contribution in [0.1, 0.15) is 15.1 Å². The van der Waals surface area contributed by atoms with Crippen molar-refractivity contribution in [1.82, 2.24) is 0 Å². The molecule has 1 heteroatoms. The number of rotatable bonds is 5. The molecule has 51 heavy (non-hydrogen) atoms. The van der Waals surface area contributed by atoms with E-state index < -0.39 is 24.2 Å². The molecule has 0 saturated heterocycles. The first-order valence-electron chi connectivity index (χ1n) is 22.1. The highest BCUT2D eigenvalue weighted by Crippen LogP contribution is 2.48. The van der Waals surface area contributed by atoms with Gasteiger partial charge in [0.15, 0.2) is 0 Å². The average Bonchev–Trinajstić information content (AvgIpc) is 3.70. The van der Waals surface area contributed by atoms with Crippen LogP contribution in [0.4, 0.5) is 0 Å². The van der Waals surface area contributed by atoms with Crippen molar-refractivity contribution in [2.24, 2.45) is 0 Å². The van der Waals surface area contributed by atoms with Crippen LogP contribution in [0.15, 0.2) is 198 Å². The molecule has 1 nitrogen and oxygen atoms in total. The Morgan fingerprint density at radius 2 is 0.902 bits per heavy atom. The predicted octanol–water partition coefficient (Wildman–Crippen LogP) is 14.2. The van der Waals surface area contributed by atoms with Crippen LogP contribution in [-0.2, 0) is 0 Å². The van der Waals surface area contributed by atoms with Gasteiger partial charge in [-0.1, -0.05) is 158 Å². The highest BCUT2D eigenvalue weighted by atomic mass is 16.3. The number of benzene rings is 9. The Morgan fingerprint density at radius 3 is 1.55 bits per heavy atom. The molecule has 1 aromatic heterocycles. The van der Waals surface area contributed by atoms with Crippen LogP contribution in [-0.4, -0.2) is 0 Å². The first-order valence-corrected chi connectivity index (χ1v) is 16.6. The Hall–Kier alpha value is -6.70. The molecule has 0 bridgehead atoms. The molecule has 0 radical (unpaired) electrons. The lowest BCUT2D eigenvalue weighted by atomic mass is 9.83. The summed E-state index contributed by atoms with van der Waals surface area (Å²) in [6.07, 6.45) is 0. The minimum absolute atomic E-state index is 0.0568. The molecule has 10 aromatic rings. The van der Waals surface area contributed by atoms with Crippen LogP contribution in [0.2, 0.25) is 0 Å². The van der Waals surface area contributed by atoms with Gasteiger partial charge < -0.3 is 4.42 Å². The standard InChI is InChI=1S/C50H32O/c1-4-15-33(16-5-1)36-27-28-46-45(32-36)50-44(25-14-26-47(50)51-46)49-42-23-12-10-21-40(42)48(41-22-11-13-24-43(41)49)39-30-37(34-17-6-2-7-18-34)29-38(31-39)35-19-8-3-9-20-35/h1-32H/i2D,6D,7D,14D,17D,18D,25D,26D,27D,28D,32D. The van der Waals surface area contributed by atoms with E-state index in [1.165, 1.54) is 0 Å². The topological polar surface area (TPSA) is 13.1 Å². The van der Waals surface area contributed by atoms with Gasteiger partial charge in [-0.15, -0.1) is 0 Å². The first kappa shape index (κ1) is 20.1. The second-order valence-electron chi connectivity index (χ2n) is 12.4. The van der Waals surface area contributed by atoms with E-state index >= 15 is 0 Å². The first-order chi connectivity index (χ1) is 29.9. The van der Waals surface area contributed by atoms with Crippen LogP contribution in [0, 0.1) is 0 Å². The maximum Gasteiger partial charge on any atom is 0.136 e. The van der Waals surface area contributed by atoms with Crippen molar-refractivity contribution in [1.29, 1.82) is 0 Å². The fraction of sp³-hybridized carbons (Fsp3) is 0. The lowest BCUT2D eigenvalue weighted by molar-refractivity contribution is 0.669. The van der Waals surface area contributed by atoms with E-state index in [4.69, 9.17) is 16.8 Å². The highest BCUT2D eigenvalue weighted by Gasteiger charge is 2.21. The zero-order valence-electron chi connectivity index (χ0n) is 38.0. The molecule has 0 aliphatic rings. The minimum Gasteiger partial charge on any atom is -0.456 e. The summed E-state index contributed by atoms with van der Waals surface area (Å²) in [7, 11) is 0. The lowest BCUT2D eigenvalue weighted by Crippen LogP contribution is -1.92. The fourth-order valence-electron chi connectivity index (χ4n) is 7.21. The molecular weight excluding hydrogens is 617 g/mol. The number of furan rings is 1. The summed E-state index contributed by atoms with van der Waals surface area (Å²) in [6, 6.07) is 35.9. The Morgan fingerprint density at radius 1 is 0.353 bits per heavy atom. The van der Waals surface area contributed by atoms with Gasteiger partial charge in [-0.05, 0) is 114 Å². The zero-order valence-corrected chi connectivity index (χ0v) is 27.0. The van der Waals surface area contributed by atoms with Crippen molar-refractivity contribution in [2.45, 2.75) is 0 Å². The third-order valence-corrected chi connectivity index (χ3v) is 9.43. The molecule has 1 heterocycles. The number of hydrogen-bond acceptors (Lipinski definition) is 1. The van der Waals surface area contributed by atoms with E-state index in [2.05, 4.69) is 0 Å². The Kier molecular flexibility index (Phi) is 4.73. The largest absolute Gasteiger partial charge is 0.456 e. The van der Waals surface area contributed by atoms with E-state index in [1.54, 1.807) is 24.3 Å². The number of hydrogen-bond donors (Lipinski definition) is 0. The van der Waals surface area contributed by atoms with Gasteiger partial charge in [-0.3, -0.25) is 0 Å². The Labute approximate surface area is 312 Å². The lowest BCUT2D eigenvalue weighted by Gasteiger charge is -2.19. The second-order valence-corrected chi connectivity index (χ2v) is 12.4. The smallest absolute Gasteiger partial charge is 0.136 e. The molecule has 0 unspecified atom stereocenters. The summed E-state index contributed by atoms with van der Waals surface area (Å²) in [6.45, 7) is 0. The molecule has 0 amide bonds. The molecule has 0 aliphatic heterocycles. The van der Waals surface area contributed by atoms with Gasteiger partial charge >= 0.3 is 0 Å². The molecule has 9 aromatic carbocycles. The van der Waals surface area contributed by atoms with Gasteiger partial charge in [-0.2, -0.15) is 0 Å². The summed E-state index contributed by atoms with van der Waals surface area (Å²) in [5.41, 5.74) is 5.02. The van der Waals surface area contributed by atoms with Gasteiger partial charge in [0, 0.05) is 10.8 Å². The quantitative estimate of drug-likeness (QED) is 0.168. The van der Waals surface area contributed by atoms with Crippen LogP contribution in [0.3, 0.4) is 0 Å². The molecule has 10 rings (SSSR count). The average molecular weight is 660 g/mol. The van der Waals surface area contributed by atoms with Crippen molar-refractivity contribution >= 4 is 43.5 Å². The SMILES string of the molecule is [2H]c1c([2H])c([2H])c(-c2cc(-c3ccccc3)cc(-c3c4ccccc4c(-c4c([2H])c([2H])c([2H])c5oc6c([2H])c([2H])c(-c7ccccc7)c([2H])c6c45)c4ccccc34)c2)c([2H])c1[2H]. The van der Waals surface area contributed by atoms with Crippen LogP contribution in [0.25, 0.3) is 99.1 Å². The summed E-state index contributed by atoms with van der Waals surface area (Å²) in [5.74, 6) is 0. The second kappa shape index (κ2) is 12.0. The maximum atomic E-state index is 9.60. The van der Waals surface area contributed by atoms with Crippen molar-refractivity contribution in [2.75, 3.05) is 0 Å². The summed E-state index contributed by atoms with van der Waals surface area (Å²) >= 11 is 0. The Balaban J connectivity index is 1.36. The third kappa shape index (κ3) is 4.94. The monoisotopic (exact) mass is 659 g/mol. The van der Waals surface area contributed by atoms with Crippen molar-refractivity contribution in [3.05, 3.63) is 194 Å². The fourth-order valence-corrected chi connectivity index (χ4v) is 7.21. The van der Waals surface area contributed by atoms with Crippen molar-refractivity contribution in [3.63, 3.8) is 0 Å². The van der Waals surface area contributed by atoms with Gasteiger partial charge in [0.25, 0.3) is 0 Å². The summed E-state index contributed by atoms with van der Waals surface area (Å²) < 4.78 is 105. The molecule has 0 saturated carbocycles. The predicted molar refractivity (Wildman–Crippen MR) is 216 cm³/mol. The molecule has 0 spiro atoms.